The standard InChI is InChI=1S/C8H15N/c1-7(2)8-5-3-4-6-9-8/h3,5,7-9H,4,6H2,1-2H3. The second kappa shape index (κ2) is 3.02. The zero-order valence-corrected chi connectivity index (χ0v) is 6.22. The van der Waals surface area contributed by atoms with Crippen LogP contribution in [0.4, 0.5) is 0 Å². The van der Waals surface area contributed by atoms with E-state index < -0.39 is 0 Å². The van der Waals surface area contributed by atoms with Crippen LogP contribution in [-0.2, 0) is 0 Å². The minimum atomic E-state index is 0.624. The first kappa shape index (κ1) is 6.81. The summed E-state index contributed by atoms with van der Waals surface area (Å²) >= 11 is 0. The largest absolute Gasteiger partial charge is 0.310 e. The van der Waals surface area contributed by atoms with E-state index in [0.717, 1.165) is 12.5 Å². The van der Waals surface area contributed by atoms with E-state index in [1.54, 1.807) is 0 Å². The van der Waals surface area contributed by atoms with Crippen LogP contribution in [-0.4, -0.2) is 12.6 Å². The van der Waals surface area contributed by atoms with Gasteiger partial charge in [0.15, 0.2) is 0 Å². The lowest BCUT2D eigenvalue weighted by atomic mass is 10.0. The molecule has 0 saturated heterocycles. The summed E-state index contributed by atoms with van der Waals surface area (Å²) in [5.74, 6) is 0.738. The summed E-state index contributed by atoms with van der Waals surface area (Å²) in [7, 11) is 0. The van der Waals surface area contributed by atoms with Crippen molar-refractivity contribution in [3.8, 4) is 0 Å². The first-order valence-electron chi connectivity index (χ1n) is 3.71. The Morgan fingerprint density at radius 1 is 1.56 bits per heavy atom. The summed E-state index contributed by atoms with van der Waals surface area (Å²) in [6.07, 6.45) is 5.73. The molecule has 1 rings (SSSR count). The van der Waals surface area contributed by atoms with Gasteiger partial charge in [0.05, 0.1) is 0 Å². The van der Waals surface area contributed by atoms with Gasteiger partial charge in [-0.2, -0.15) is 0 Å². The van der Waals surface area contributed by atoms with E-state index in [0.29, 0.717) is 6.04 Å². The van der Waals surface area contributed by atoms with Crippen LogP contribution < -0.4 is 5.32 Å². The monoisotopic (exact) mass is 125 g/mol. The molecule has 0 aliphatic carbocycles. The van der Waals surface area contributed by atoms with E-state index in [1.165, 1.54) is 6.42 Å². The lowest BCUT2D eigenvalue weighted by molar-refractivity contribution is 0.455. The van der Waals surface area contributed by atoms with Crippen molar-refractivity contribution in [2.75, 3.05) is 6.54 Å². The molecule has 9 heavy (non-hydrogen) atoms. The van der Waals surface area contributed by atoms with Crippen LogP contribution in [0.5, 0.6) is 0 Å². The maximum atomic E-state index is 3.43. The number of nitrogens with one attached hydrogen (secondary N) is 1. The number of hydrogen-bond donors (Lipinski definition) is 1. The van der Waals surface area contributed by atoms with Gasteiger partial charge in [-0.15, -0.1) is 0 Å². The smallest absolute Gasteiger partial charge is 0.0273 e. The van der Waals surface area contributed by atoms with Gasteiger partial charge in [-0.3, -0.25) is 0 Å². The van der Waals surface area contributed by atoms with Crippen molar-refractivity contribution in [1.82, 2.24) is 5.32 Å². The second-order valence-electron chi connectivity index (χ2n) is 2.94. The van der Waals surface area contributed by atoms with Gasteiger partial charge in [-0.1, -0.05) is 26.0 Å². The zero-order chi connectivity index (χ0) is 6.69. The fourth-order valence-electron chi connectivity index (χ4n) is 1.10. The van der Waals surface area contributed by atoms with Crippen LogP contribution in [0.2, 0.25) is 0 Å². The Morgan fingerprint density at radius 3 is 2.67 bits per heavy atom. The fraction of sp³-hybridized carbons (Fsp3) is 0.750. The summed E-state index contributed by atoms with van der Waals surface area (Å²) in [6, 6.07) is 0.624. The Balaban J connectivity index is 2.40. The van der Waals surface area contributed by atoms with Gasteiger partial charge in [-0.05, 0) is 18.9 Å². The molecule has 1 heteroatoms. The average molecular weight is 125 g/mol. The second-order valence-corrected chi connectivity index (χ2v) is 2.94. The zero-order valence-electron chi connectivity index (χ0n) is 6.22. The van der Waals surface area contributed by atoms with Crippen molar-refractivity contribution >= 4 is 0 Å². The molecular weight excluding hydrogens is 110 g/mol. The van der Waals surface area contributed by atoms with E-state index in [2.05, 4.69) is 31.3 Å². The van der Waals surface area contributed by atoms with Crippen LogP contribution in [0, 0.1) is 5.92 Å². The van der Waals surface area contributed by atoms with Crippen LogP contribution >= 0.6 is 0 Å². The van der Waals surface area contributed by atoms with Crippen LogP contribution in [0.25, 0.3) is 0 Å². The molecule has 1 aliphatic rings. The Hall–Kier alpha value is -0.300. The third-order valence-corrected chi connectivity index (χ3v) is 1.75. The molecule has 1 aliphatic heterocycles. The number of hydrogen-bond acceptors (Lipinski definition) is 1. The van der Waals surface area contributed by atoms with Crippen molar-refractivity contribution in [2.45, 2.75) is 26.3 Å². The summed E-state index contributed by atoms with van der Waals surface area (Å²) in [5.41, 5.74) is 0. The van der Waals surface area contributed by atoms with E-state index in [9.17, 15) is 0 Å². The highest BCUT2D eigenvalue weighted by molar-refractivity contribution is 4.98. The van der Waals surface area contributed by atoms with Gasteiger partial charge < -0.3 is 5.32 Å². The maximum absolute atomic E-state index is 3.43. The van der Waals surface area contributed by atoms with Crippen LogP contribution in [0.3, 0.4) is 0 Å². The highest BCUT2D eigenvalue weighted by Crippen LogP contribution is 2.06. The van der Waals surface area contributed by atoms with Crippen molar-refractivity contribution in [3.05, 3.63) is 12.2 Å². The Kier molecular flexibility index (Phi) is 2.29. The highest BCUT2D eigenvalue weighted by Gasteiger charge is 2.09. The molecule has 1 N–H and O–H groups in total. The molecule has 0 aromatic rings. The normalized spacial score (nSPS) is 27.2. The van der Waals surface area contributed by atoms with Crippen LogP contribution in [0.15, 0.2) is 12.2 Å². The number of rotatable bonds is 1. The first-order valence-corrected chi connectivity index (χ1v) is 3.71. The molecule has 0 amide bonds. The van der Waals surface area contributed by atoms with Crippen molar-refractivity contribution < 1.29 is 0 Å². The SMILES string of the molecule is CC(C)C1C=CCCN1. The molecule has 0 fully saturated rings. The molecule has 1 heterocycles. The minimum Gasteiger partial charge on any atom is -0.310 e. The van der Waals surface area contributed by atoms with Gasteiger partial charge in [0.2, 0.25) is 0 Å². The van der Waals surface area contributed by atoms with Crippen LogP contribution in [0.1, 0.15) is 20.3 Å². The third-order valence-electron chi connectivity index (χ3n) is 1.75. The molecule has 1 nitrogen and oxygen atoms in total. The summed E-state index contributed by atoms with van der Waals surface area (Å²) < 4.78 is 0. The highest BCUT2D eigenvalue weighted by atomic mass is 14.9. The van der Waals surface area contributed by atoms with E-state index in [4.69, 9.17) is 0 Å². The first-order chi connectivity index (χ1) is 4.30. The Labute approximate surface area is 57.1 Å². The summed E-state index contributed by atoms with van der Waals surface area (Å²) in [5, 5.41) is 3.43. The maximum Gasteiger partial charge on any atom is 0.0273 e. The van der Waals surface area contributed by atoms with Gasteiger partial charge in [-0.25, -0.2) is 0 Å². The van der Waals surface area contributed by atoms with E-state index in [-0.39, 0.29) is 0 Å². The van der Waals surface area contributed by atoms with E-state index >= 15 is 0 Å². The molecule has 0 radical (unpaired) electrons. The Morgan fingerprint density at radius 2 is 2.33 bits per heavy atom. The quantitative estimate of drug-likeness (QED) is 0.524. The average Bonchev–Trinajstić information content (AvgIpc) is 1.90. The lowest BCUT2D eigenvalue weighted by Gasteiger charge is -2.21. The van der Waals surface area contributed by atoms with Crippen molar-refractivity contribution in [2.24, 2.45) is 5.92 Å². The minimum absolute atomic E-state index is 0.624. The van der Waals surface area contributed by atoms with Gasteiger partial charge in [0.25, 0.3) is 0 Å². The van der Waals surface area contributed by atoms with Gasteiger partial charge >= 0.3 is 0 Å². The van der Waals surface area contributed by atoms with Gasteiger partial charge in [0, 0.05) is 6.04 Å². The molecule has 0 aromatic heterocycles. The molecule has 1 atom stereocenters. The topological polar surface area (TPSA) is 12.0 Å². The summed E-state index contributed by atoms with van der Waals surface area (Å²) in [4.78, 5) is 0. The fourth-order valence-corrected chi connectivity index (χ4v) is 1.10. The Bertz CT molecular complexity index is 105. The molecule has 0 spiro atoms. The molecule has 0 aromatic carbocycles. The van der Waals surface area contributed by atoms with Crippen molar-refractivity contribution in [3.63, 3.8) is 0 Å². The molecular formula is C8H15N. The van der Waals surface area contributed by atoms with E-state index in [1.807, 2.05) is 0 Å². The summed E-state index contributed by atoms with van der Waals surface area (Å²) in [6.45, 7) is 5.64. The third kappa shape index (κ3) is 1.83. The molecule has 52 valence electrons. The lowest BCUT2D eigenvalue weighted by Crippen LogP contribution is -2.34. The van der Waals surface area contributed by atoms with Gasteiger partial charge in [0.1, 0.15) is 0 Å². The molecule has 0 saturated carbocycles. The predicted molar refractivity (Wildman–Crippen MR) is 40.4 cm³/mol. The molecule has 1 unspecified atom stereocenters. The molecule has 0 bridgehead atoms. The van der Waals surface area contributed by atoms with Crippen molar-refractivity contribution in [1.29, 1.82) is 0 Å². The predicted octanol–water partition coefficient (Wildman–Crippen LogP) is 1.56.